The van der Waals surface area contributed by atoms with Crippen LogP contribution in [0.5, 0.6) is 0 Å². The smallest absolute Gasteiger partial charge is 2.00 e. The van der Waals surface area contributed by atoms with Crippen molar-refractivity contribution in [2.75, 3.05) is 0 Å². The van der Waals surface area contributed by atoms with E-state index in [0.29, 0.717) is 0 Å². The molecule has 6 nitrogen and oxygen atoms in total. The summed E-state index contributed by atoms with van der Waals surface area (Å²) < 4.78 is 51.5. The van der Waals surface area contributed by atoms with E-state index in [9.17, 15) is 0 Å². The fourth-order valence-corrected chi connectivity index (χ4v) is 0. The van der Waals surface area contributed by atoms with E-state index in [1.165, 1.54) is 0 Å². The van der Waals surface area contributed by atoms with Gasteiger partial charge in [0.25, 0.3) is 0 Å². The summed E-state index contributed by atoms with van der Waals surface area (Å²) >= 11 is -8.17. The molecule has 0 aromatic heterocycles. The molecule has 0 rings (SSSR count). The van der Waals surface area contributed by atoms with Gasteiger partial charge in [-0.3, -0.25) is 0 Å². The Hall–Kier alpha value is 1.49. The summed E-state index contributed by atoms with van der Waals surface area (Å²) in [6, 6.07) is 0. The van der Waals surface area contributed by atoms with E-state index in [-0.39, 0.29) is 22.3 Å². The second kappa shape index (κ2) is 12.2. The van der Waals surface area contributed by atoms with Gasteiger partial charge in [-0.1, -0.05) is 0 Å². The first-order valence-electron chi connectivity index (χ1n) is 1.22. The molecule has 0 saturated heterocycles. The molecule has 48 valence electrons. The van der Waals surface area contributed by atoms with Gasteiger partial charge in [0.15, 0.2) is 0 Å². The standard InChI is InChI=1S/6O.2Ti.Zn/q;;4*-1;;;+2/p+2. The zero-order chi connectivity index (χ0) is 7.15. The first kappa shape index (κ1) is 16.8. The van der Waals surface area contributed by atoms with E-state index >= 15 is 0 Å². The maximum absolute atomic E-state index is 8.58. The van der Waals surface area contributed by atoms with Gasteiger partial charge in [-0.25, -0.2) is 0 Å². The van der Waals surface area contributed by atoms with Gasteiger partial charge in [0.2, 0.25) is 0 Å². The number of hydrogen-bond donors (Lipinski definition) is 0. The van der Waals surface area contributed by atoms with Gasteiger partial charge in [0.05, 0.1) is 0 Å². The topological polar surface area (TPSA) is 126 Å². The summed E-state index contributed by atoms with van der Waals surface area (Å²) in [5.41, 5.74) is 0. The van der Waals surface area contributed by atoms with Crippen LogP contribution in [0.2, 0.25) is 0 Å². The van der Waals surface area contributed by atoms with E-state index in [0.717, 1.165) is 0 Å². The first-order valence-corrected chi connectivity index (χ1v) is 5.05. The van der Waals surface area contributed by atoms with E-state index in [1.807, 2.05) is 0 Å². The van der Waals surface area contributed by atoms with Gasteiger partial charge in [0.1, 0.15) is 0 Å². The molecule has 0 amide bonds. The fraction of sp³-hybridized carbons (Fsp3) is 0. The van der Waals surface area contributed by atoms with Crippen molar-refractivity contribution in [1.82, 2.24) is 0 Å². The molecule has 0 spiro atoms. The molecule has 0 atom stereocenters. The van der Waals surface area contributed by atoms with E-state index in [4.69, 9.17) is 21.4 Å². The summed E-state index contributed by atoms with van der Waals surface area (Å²) in [6.07, 6.45) is 0. The summed E-state index contributed by atoms with van der Waals surface area (Å²) in [6.45, 7) is 0. The molecule has 0 aromatic carbocycles. The summed E-state index contributed by atoms with van der Waals surface area (Å²) in [4.78, 5) is 0. The molecule has 9 heteroatoms. The van der Waals surface area contributed by atoms with Crippen molar-refractivity contribution in [1.29, 1.82) is 0 Å². The average molecular weight is 259 g/mol. The average Bonchev–Trinajstić information content (AvgIpc) is 1.25. The second-order valence-corrected chi connectivity index (χ2v) is 2.06. The minimum atomic E-state index is -4.08. The quantitative estimate of drug-likeness (QED) is 0.402. The van der Waals surface area contributed by atoms with E-state index in [1.54, 1.807) is 0 Å². The Morgan fingerprint density at radius 1 is 0.889 bits per heavy atom. The van der Waals surface area contributed by atoms with Crippen LogP contribution in [0.25, 0.3) is 0 Å². The Morgan fingerprint density at radius 2 is 0.889 bits per heavy atom. The zero-order valence-electron chi connectivity index (χ0n) is 6.16. The van der Waals surface area contributed by atoms with Crippen molar-refractivity contribution in [2.24, 2.45) is 0 Å². The van der Waals surface area contributed by atoms with Crippen LogP contribution >= 0.6 is 0 Å². The summed E-state index contributed by atoms with van der Waals surface area (Å²) in [5.74, 6) is 0. The number of hydrogen-bond acceptors (Lipinski definition) is 6. The third-order valence-corrected chi connectivity index (χ3v) is 0. The fourth-order valence-electron chi connectivity index (χ4n) is 0. The van der Waals surface area contributed by atoms with Crippen LogP contribution in [0.3, 0.4) is 0 Å². The number of rotatable bonds is 0. The molecular weight excluding hydrogens is 257 g/mol. The molecule has 0 bridgehead atoms. The third-order valence-electron chi connectivity index (χ3n) is 0. The van der Waals surface area contributed by atoms with Crippen molar-refractivity contribution >= 4 is 0 Å². The van der Waals surface area contributed by atoms with Crippen molar-refractivity contribution in [3.8, 4) is 0 Å². The normalized spacial score (nSPS) is 5.78. The molecule has 0 aliphatic heterocycles. The predicted molar refractivity (Wildman–Crippen MR) is 3.60 cm³/mol. The molecule has 9 heavy (non-hydrogen) atoms. The van der Waals surface area contributed by atoms with Crippen molar-refractivity contribution in [3.05, 3.63) is 0 Å². The molecule has 0 heterocycles. The third kappa shape index (κ3) is 239. The second-order valence-electron chi connectivity index (χ2n) is 0.500. The molecule has 0 aliphatic rings. The molecule has 0 aliphatic carbocycles. The Balaban J connectivity index is -0.0000000171. The monoisotopic (exact) mass is 258 g/mol. The van der Waals surface area contributed by atoms with Crippen LogP contribution in [0.4, 0.5) is 0 Å². The molecule has 0 radical (unpaired) electrons. The Morgan fingerprint density at radius 3 is 0.889 bits per heavy atom. The molecule has 0 fully saturated rings. The van der Waals surface area contributed by atoms with Gasteiger partial charge in [0, 0.05) is 0 Å². The molecule has 0 unspecified atom stereocenters. The van der Waals surface area contributed by atoms with E-state index in [2.05, 4.69) is 0 Å². The summed E-state index contributed by atoms with van der Waals surface area (Å²) in [7, 11) is 0. The Bertz CT molecular complexity index is 76.6. The Kier molecular flexibility index (Phi) is 22.8. The van der Waals surface area contributed by atoms with Gasteiger partial charge in [-0.15, -0.1) is 0 Å². The molecule has 0 N–H and O–H groups in total. The van der Waals surface area contributed by atoms with Gasteiger partial charge < -0.3 is 0 Å². The molecule has 0 saturated carbocycles. The minimum absolute atomic E-state index is 0. The zero-order valence-corrected chi connectivity index (χ0v) is 10.2. The molecular formula is H2O6Ti2Zn. The van der Waals surface area contributed by atoms with Crippen molar-refractivity contribution in [3.63, 3.8) is 0 Å². The van der Waals surface area contributed by atoms with Crippen LogP contribution in [0.15, 0.2) is 0 Å². The SMILES string of the molecule is [H+].[H+].[O]=[Ti]([O-])[O-].[O]=[Ti]([O-])[O-].[Zn+2]. The largest absolute Gasteiger partial charge is 2.00 e. The van der Waals surface area contributed by atoms with Gasteiger partial charge in [-0.2, -0.15) is 0 Å². The van der Waals surface area contributed by atoms with Gasteiger partial charge in [-0.05, 0) is 0 Å². The van der Waals surface area contributed by atoms with E-state index < -0.39 is 37.2 Å². The summed E-state index contributed by atoms with van der Waals surface area (Å²) in [5, 5.41) is 0. The van der Waals surface area contributed by atoms with Crippen molar-refractivity contribution < 1.29 is 81.0 Å². The maximum atomic E-state index is 8.58. The van der Waals surface area contributed by atoms with Crippen LogP contribution < -0.4 is 14.8 Å². The molecule has 0 aromatic rings. The van der Waals surface area contributed by atoms with Crippen LogP contribution in [-0.2, 0) is 63.4 Å². The maximum Gasteiger partial charge on any atom is 2.00 e. The van der Waals surface area contributed by atoms with Crippen LogP contribution in [0.1, 0.15) is 2.85 Å². The van der Waals surface area contributed by atoms with Gasteiger partial charge >= 0.3 is 81.0 Å². The van der Waals surface area contributed by atoms with Crippen LogP contribution in [0, 0.1) is 0 Å². The van der Waals surface area contributed by atoms with Crippen molar-refractivity contribution in [2.45, 2.75) is 0 Å². The predicted octanol–water partition coefficient (Wildman–Crippen LogP) is -4.78. The Labute approximate surface area is 80.5 Å². The minimum Gasteiger partial charge on any atom is 2.00 e. The first-order chi connectivity index (χ1) is 3.46. The van der Waals surface area contributed by atoms with Crippen LogP contribution in [-0.4, -0.2) is 0 Å².